The van der Waals surface area contributed by atoms with E-state index in [0.717, 1.165) is 13.4 Å². The first-order valence-corrected chi connectivity index (χ1v) is 7.57. The summed E-state index contributed by atoms with van der Waals surface area (Å²) in [5.74, 6) is 0. The maximum Gasteiger partial charge on any atom is 0.0464 e. The van der Waals surface area contributed by atoms with Crippen molar-refractivity contribution in [3.05, 3.63) is 25.0 Å². The lowest BCUT2D eigenvalue weighted by molar-refractivity contribution is 0.453. The fourth-order valence-electron chi connectivity index (χ4n) is 2.38. The van der Waals surface area contributed by atoms with E-state index in [1.807, 2.05) is 0 Å². The highest BCUT2D eigenvalue weighted by atomic mass is 79.9. The van der Waals surface area contributed by atoms with Crippen molar-refractivity contribution in [3.63, 3.8) is 0 Å². The summed E-state index contributed by atoms with van der Waals surface area (Å²) in [6.45, 7) is 6.87. The number of rotatable bonds is 0. The summed E-state index contributed by atoms with van der Waals surface area (Å²) < 4.78 is 3.36. The van der Waals surface area contributed by atoms with Crippen LogP contribution in [0.4, 0.5) is 5.69 Å². The van der Waals surface area contributed by atoms with Gasteiger partial charge in [-0.25, -0.2) is 0 Å². The summed E-state index contributed by atoms with van der Waals surface area (Å²) in [4.78, 5) is 2.34. The maximum absolute atomic E-state index is 3.71. The van der Waals surface area contributed by atoms with E-state index in [2.05, 4.69) is 86.6 Å². The molecule has 0 fully saturated rings. The Hall–Kier alpha value is 0.460. The van der Waals surface area contributed by atoms with Crippen LogP contribution in [0.2, 0.25) is 0 Å². The summed E-state index contributed by atoms with van der Waals surface area (Å²) in [5, 5.41) is 0. The van der Waals surface area contributed by atoms with Crippen LogP contribution in [0.3, 0.4) is 0 Å². The summed E-state index contributed by atoms with van der Waals surface area (Å²) in [7, 11) is 2.16. The zero-order valence-electron chi connectivity index (χ0n) is 9.74. The van der Waals surface area contributed by atoms with E-state index in [1.165, 1.54) is 11.3 Å². The van der Waals surface area contributed by atoms with Gasteiger partial charge in [-0.2, -0.15) is 0 Å². The van der Waals surface area contributed by atoms with Crippen LogP contribution in [-0.4, -0.2) is 13.1 Å². The number of benzene rings is 1. The monoisotopic (exact) mass is 409 g/mol. The van der Waals surface area contributed by atoms with Crippen LogP contribution in [0.25, 0.3) is 0 Å². The van der Waals surface area contributed by atoms with E-state index < -0.39 is 0 Å². The molecule has 1 aromatic carbocycles. The molecule has 0 aromatic heterocycles. The van der Waals surface area contributed by atoms with Crippen LogP contribution in [-0.2, 0) is 5.41 Å². The van der Waals surface area contributed by atoms with E-state index in [-0.39, 0.29) is 5.41 Å². The molecule has 1 heterocycles. The number of likely N-dealkylation sites (N-methyl/N-ethyl adjacent to an activating group) is 1. The van der Waals surface area contributed by atoms with Crippen LogP contribution in [0.5, 0.6) is 0 Å². The third-order valence-electron chi connectivity index (χ3n) is 3.79. The Morgan fingerprint density at radius 3 is 2.31 bits per heavy atom. The van der Waals surface area contributed by atoms with Gasteiger partial charge in [0.2, 0.25) is 0 Å². The molecule has 88 valence electrons. The predicted octanol–water partition coefficient (Wildman–Crippen LogP) is 5.09. The SMILES string of the molecule is CC1N(C)c2cc(Br)c(Br)c(Br)c2C1(C)C. The molecule has 1 aliphatic heterocycles. The average molecular weight is 412 g/mol. The van der Waals surface area contributed by atoms with Gasteiger partial charge in [0, 0.05) is 37.6 Å². The van der Waals surface area contributed by atoms with Crippen molar-refractivity contribution in [3.8, 4) is 0 Å². The minimum Gasteiger partial charge on any atom is -0.371 e. The largest absolute Gasteiger partial charge is 0.371 e. The van der Waals surface area contributed by atoms with E-state index in [0.29, 0.717) is 6.04 Å². The van der Waals surface area contributed by atoms with Gasteiger partial charge in [0.15, 0.2) is 0 Å². The Bertz CT molecular complexity index is 454. The second-order valence-electron chi connectivity index (χ2n) is 4.89. The molecule has 16 heavy (non-hydrogen) atoms. The Labute approximate surface area is 122 Å². The Kier molecular flexibility index (Phi) is 3.22. The molecule has 0 spiro atoms. The highest BCUT2D eigenvalue weighted by molar-refractivity contribution is 9.14. The summed E-state index contributed by atoms with van der Waals surface area (Å²) >= 11 is 10.9. The molecule has 0 N–H and O–H groups in total. The third kappa shape index (κ3) is 1.60. The van der Waals surface area contributed by atoms with Gasteiger partial charge >= 0.3 is 0 Å². The minimum absolute atomic E-state index is 0.159. The average Bonchev–Trinajstić information content (AvgIpc) is 2.37. The molecular weight excluding hydrogens is 398 g/mol. The summed E-state index contributed by atoms with van der Waals surface area (Å²) in [5.41, 5.74) is 2.85. The molecule has 4 heteroatoms. The van der Waals surface area contributed by atoms with Crippen molar-refractivity contribution in [2.45, 2.75) is 32.2 Å². The third-order valence-corrected chi connectivity index (χ3v) is 7.10. The Balaban J connectivity index is 2.78. The van der Waals surface area contributed by atoms with Gasteiger partial charge < -0.3 is 4.90 Å². The Morgan fingerprint density at radius 2 is 1.75 bits per heavy atom. The molecular formula is C12H14Br3N. The fraction of sp³-hybridized carbons (Fsp3) is 0.500. The standard InChI is InChI=1S/C12H14Br3N/c1-6-12(2,3)9-8(16(6)4)5-7(13)10(14)11(9)15/h5-6H,1-4H3. The highest BCUT2D eigenvalue weighted by Crippen LogP contribution is 2.51. The molecule has 0 radical (unpaired) electrons. The molecule has 0 saturated carbocycles. The van der Waals surface area contributed by atoms with Gasteiger partial charge in [-0.1, -0.05) is 13.8 Å². The van der Waals surface area contributed by atoms with Crippen LogP contribution in [0, 0.1) is 0 Å². The van der Waals surface area contributed by atoms with Crippen LogP contribution < -0.4 is 4.90 Å². The smallest absolute Gasteiger partial charge is 0.0464 e. The number of nitrogens with zero attached hydrogens (tertiary/aromatic N) is 1. The van der Waals surface area contributed by atoms with E-state index >= 15 is 0 Å². The van der Waals surface area contributed by atoms with E-state index in [9.17, 15) is 0 Å². The van der Waals surface area contributed by atoms with Gasteiger partial charge in [-0.05, 0) is 66.3 Å². The van der Waals surface area contributed by atoms with Gasteiger partial charge in [-0.3, -0.25) is 0 Å². The zero-order valence-corrected chi connectivity index (χ0v) is 14.5. The van der Waals surface area contributed by atoms with Gasteiger partial charge in [0.1, 0.15) is 0 Å². The van der Waals surface area contributed by atoms with Crippen molar-refractivity contribution in [1.82, 2.24) is 0 Å². The van der Waals surface area contributed by atoms with Gasteiger partial charge in [0.25, 0.3) is 0 Å². The lowest BCUT2D eigenvalue weighted by Crippen LogP contribution is -2.36. The normalized spacial score (nSPS) is 22.4. The van der Waals surface area contributed by atoms with Crippen molar-refractivity contribution in [1.29, 1.82) is 0 Å². The van der Waals surface area contributed by atoms with Crippen molar-refractivity contribution >= 4 is 53.5 Å². The summed E-state index contributed by atoms with van der Waals surface area (Å²) in [6, 6.07) is 2.69. The molecule has 1 atom stereocenters. The quantitative estimate of drug-likeness (QED) is 0.537. The maximum atomic E-state index is 3.71. The lowest BCUT2D eigenvalue weighted by Gasteiger charge is -2.28. The number of hydrogen-bond donors (Lipinski definition) is 0. The zero-order chi connectivity index (χ0) is 12.2. The van der Waals surface area contributed by atoms with Crippen LogP contribution in [0.1, 0.15) is 26.3 Å². The van der Waals surface area contributed by atoms with Gasteiger partial charge in [-0.15, -0.1) is 0 Å². The summed E-state index contributed by atoms with van der Waals surface area (Å²) in [6.07, 6.45) is 0. The first-order valence-electron chi connectivity index (χ1n) is 5.19. The number of anilines is 1. The molecule has 0 aliphatic carbocycles. The molecule has 1 aromatic rings. The molecule has 1 aliphatic rings. The molecule has 0 amide bonds. The minimum atomic E-state index is 0.159. The van der Waals surface area contributed by atoms with Crippen molar-refractivity contribution < 1.29 is 0 Å². The number of halogens is 3. The molecule has 1 unspecified atom stereocenters. The predicted molar refractivity (Wildman–Crippen MR) is 80.4 cm³/mol. The van der Waals surface area contributed by atoms with Crippen LogP contribution in [0.15, 0.2) is 19.5 Å². The molecule has 0 bridgehead atoms. The van der Waals surface area contributed by atoms with E-state index in [1.54, 1.807) is 0 Å². The first kappa shape index (κ1) is 12.9. The topological polar surface area (TPSA) is 3.24 Å². The molecule has 0 saturated heterocycles. The van der Waals surface area contributed by atoms with Crippen LogP contribution >= 0.6 is 47.8 Å². The second-order valence-corrected chi connectivity index (χ2v) is 7.33. The second kappa shape index (κ2) is 3.99. The molecule has 2 rings (SSSR count). The number of fused-ring (bicyclic) bond motifs is 1. The number of hydrogen-bond acceptors (Lipinski definition) is 1. The van der Waals surface area contributed by atoms with Crippen molar-refractivity contribution in [2.75, 3.05) is 11.9 Å². The molecule has 1 nitrogen and oxygen atoms in total. The first-order chi connectivity index (χ1) is 7.28. The van der Waals surface area contributed by atoms with E-state index in [4.69, 9.17) is 0 Å². The fourth-order valence-corrected chi connectivity index (χ4v) is 4.30. The highest BCUT2D eigenvalue weighted by Gasteiger charge is 2.42. The Morgan fingerprint density at radius 1 is 1.19 bits per heavy atom. The van der Waals surface area contributed by atoms with Crippen molar-refractivity contribution in [2.24, 2.45) is 0 Å². The van der Waals surface area contributed by atoms with Gasteiger partial charge in [0.05, 0.1) is 0 Å². The lowest BCUT2D eigenvalue weighted by atomic mass is 9.81.